The van der Waals surface area contributed by atoms with Crippen molar-refractivity contribution in [2.45, 2.75) is 26.3 Å². The van der Waals surface area contributed by atoms with Gasteiger partial charge in [-0.2, -0.15) is 4.57 Å². The molecule has 0 atom stereocenters. The zero-order chi connectivity index (χ0) is 16.9. The standard InChI is InChI=1S/C21H21N2O/c1-16(2)17-8-10-18(11-9-17)20-14-23(13-12-22-20)15-21(24)19-6-4-3-5-7-19/h3-14,16H,15H2,1-2H3/q+1. The van der Waals surface area contributed by atoms with Gasteiger partial charge in [0.1, 0.15) is 5.69 Å². The maximum absolute atomic E-state index is 12.3. The van der Waals surface area contributed by atoms with Gasteiger partial charge < -0.3 is 0 Å². The molecule has 24 heavy (non-hydrogen) atoms. The average molecular weight is 317 g/mol. The van der Waals surface area contributed by atoms with Crippen molar-refractivity contribution in [3.05, 3.63) is 84.3 Å². The van der Waals surface area contributed by atoms with E-state index in [-0.39, 0.29) is 5.78 Å². The van der Waals surface area contributed by atoms with Crippen molar-refractivity contribution in [2.75, 3.05) is 0 Å². The molecule has 0 aliphatic heterocycles. The molecule has 0 bridgehead atoms. The first-order valence-electron chi connectivity index (χ1n) is 8.17. The highest BCUT2D eigenvalue weighted by atomic mass is 16.1. The van der Waals surface area contributed by atoms with Crippen LogP contribution in [0, 0.1) is 0 Å². The Morgan fingerprint density at radius 3 is 2.42 bits per heavy atom. The Balaban J connectivity index is 1.80. The molecule has 3 nitrogen and oxygen atoms in total. The largest absolute Gasteiger partial charge is 0.287 e. The Bertz CT molecular complexity index is 824. The first-order chi connectivity index (χ1) is 11.6. The van der Waals surface area contributed by atoms with Crippen LogP contribution in [0.2, 0.25) is 0 Å². The first-order valence-corrected chi connectivity index (χ1v) is 8.17. The van der Waals surface area contributed by atoms with E-state index in [4.69, 9.17) is 0 Å². The van der Waals surface area contributed by atoms with Gasteiger partial charge in [-0.3, -0.25) is 4.79 Å². The van der Waals surface area contributed by atoms with E-state index in [1.165, 1.54) is 5.56 Å². The summed E-state index contributed by atoms with van der Waals surface area (Å²) in [5, 5.41) is 0. The van der Waals surface area contributed by atoms with Crippen molar-refractivity contribution < 1.29 is 9.36 Å². The molecule has 0 saturated carbocycles. The minimum absolute atomic E-state index is 0.0907. The number of benzene rings is 2. The average Bonchev–Trinajstić information content (AvgIpc) is 2.63. The maximum atomic E-state index is 12.3. The molecule has 0 fully saturated rings. The van der Waals surface area contributed by atoms with Crippen LogP contribution in [0.3, 0.4) is 0 Å². The van der Waals surface area contributed by atoms with E-state index < -0.39 is 0 Å². The zero-order valence-electron chi connectivity index (χ0n) is 14.0. The Morgan fingerprint density at radius 1 is 1.04 bits per heavy atom. The maximum Gasteiger partial charge on any atom is 0.227 e. The lowest BCUT2D eigenvalue weighted by Gasteiger charge is -2.06. The molecule has 0 amide bonds. The zero-order valence-corrected chi connectivity index (χ0v) is 14.0. The minimum Gasteiger partial charge on any atom is -0.287 e. The molecular weight excluding hydrogens is 296 g/mol. The van der Waals surface area contributed by atoms with E-state index in [9.17, 15) is 4.79 Å². The fraction of sp³-hybridized carbons (Fsp3) is 0.190. The fourth-order valence-electron chi connectivity index (χ4n) is 2.60. The summed E-state index contributed by atoms with van der Waals surface area (Å²) in [5.41, 5.74) is 3.96. The third-order valence-electron chi connectivity index (χ3n) is 4.05. The molecule has 3 rings (SSSR count). The van der Waals surface area contributed by atoms with Gasteiger partial charge in [0.15, 0.2) is 12.4 Å². The lowest BCUT2D eigenvalue weighted by molar-refractivity contribution is -0.683. The summed E-state index contributed by atoms with van der Waals surface area (Å²) in [5.74, 6) is 0.601. The van der Waals surface area contributed by atoms with Crippen molar-refractivity contribution >= 4 is 5.78 Å². The minimum atomic E-state index is 0.0907. The molecular formula is C21H21N2O+. The van der Waals surface area contributed by atoms with Crippen LogP contribution in [0.4, 0.5) is 0 Å². The third-order valence-corrected chi connectivity index (χ3v) is 4.05. The number of rotatable bonds is 5. The summed E-state index contributed by atoms with van der Waals surface area (Å²) >= 11 is 0. The Hall–Kier alpha value is -2.81. The number of ketones is 1. The van der Waals surface area contributed by atoms with Crippen LogP contribution in [0.25, 0.3) is 11.3 Å². The SMILES string of the molecule is CC(C)c1ccc(-c2c[n+](CC(=O)c3ccccc3)ccn2)cc1. The highest BCUT2D eigenvalue weighted by Gasteiger charge is 2.13. The van der Waals surface area contributed by atoms with E-state index in [0.29, 0.717) is 12.5 Å². The number of hydrogen-bond acceptors (Lipinski definition) is 2. The Kier molecular flexibility index (Phi) is 4.80. The van der Waals surface area contributed by atoms with Crippen LogP contribution in [-0.2, 0) is 6.54 Å². The molecule has 1 aromatic heterocycles. The summed E-state index contributed by atoms with van der Waals surface area (Å²) in [4.78, 5) is 16.8. The number of hydrogen-bond donors (Lipinski definition) is 0. The smallest absolute Gasteiger partial charge is 0.227 e. The van der Waals surface area contributed by atoms with E-state index >= 15 is 0 Å². The summed E-state index contributed by atoms with van der Waals surface area (Å²) in [6.45, 7) is 4.67. The lowest BCUT2D eigenvalue weighted by atomic mass is 10.0. The molecule has 0 aliphatic rings. The molecule has 120 valence electrons. The molecule has 0 N–H and O–H groups in total. The van der Waals surface area contributed by atoms with E-state index in [2.05, 4.69) is 43.1 Å². The van der Waals surface area contributed by atoms with Crippen LogP contribution >= 0.6 is 0 Å². The normalized spacial score (nSPS) is 10.8. The van der Waals surface area contributed by atoms with Gasteiger partial charge in [-0.05, 0) is 11.5 Å². The van der Waals surface area contributed by atoms with Gasteiger partial charge in [-0.25, -0.2) is 4.98 Å². The predicted octanol–water partition coefficient (Wildman–Crippen LogP) is 4.04. The van der Waals surface area contributed by atoms with Gasteiger partial charge in [0.25, 0.3) is 0 Å². The molecule has 1 heterocycles. The molecule has 3 aromatic rings. The highest BCUT2D eigenvalue weighted by molar-refractivity contribution is 5.94. The quantitative estimate of drug-likeness (QED) is 0.525. The molecule has 2 aromatic carbocycles. The van der Waals surface area contributed by atoms with Crippen LogP contribution in [-0.4, -0.2) is 10.8 Å². The van der Waals surface area contributed by atoms with Crippen LogP contribution in [0.1, 0.15) is 35.7 Å². The molecule has 0 spiro atoms. The number of aromatic nitrogens is 2. The van der Waals surface area contributed by atoms with Gasteiger partial charge in [-0.1, -0.05) is 68.4 Å². The van der Waals surface area contributed by atoms with Crippen molar-refractivity contribution in [2.24, 2.45) is 0 Å². The van der Waals surface area contributed by atoms with Crippen LogP contribution in [0.5, 0.6) is 0 Å². The van der Waals surface area contributed by atoms with Crippen molar-refractivity contribution in [3.8, 4) is 11.3 Å². The van der Waals surface area contributed by atoms with Crippen LogP contribution in [0.15, 0.2) is 73.2 Å². The highest BCUT2D eigenvalue weighted by Crippen LogP contribution is 2.20. The van der Waals surface area contributed by atoms with Gasteiger partial charge in [-0.15, -0.1) is 0 Å². The first kappa shape index (κ1) is 16.1. The number of Topliss-reactive ketones (excluding diaryl/α,β-unsaturated/α-hetero) is 1. The summed E-state index contributed by atoms with van der Waals surface area (Å²) in [6, 6.07) is 17.8. The topological polar surface area (TPSA) is 33.8 Å². The number of nitrogens with zero attached hydrogens (tertiary/aromatic N) is 2. The van der Waals surface area contributed by atoms with Crippen LogP contribution < -0.4 is 4.57 Å². The van der Waals surface area contributed by atoms with Gasteiger partial charge in [0.2, 0.25) is 12.3 Å². The molecule has 0 saturated heterocycles. The predicted molar refractivity (Wildman–Crippen MR) is 94.7 cm³/mol. The van der Waals surface area contributed by atoms with Crippen molar-refractivity contribution in [3.63, 3.8) is 0 Å². The van der Waals surface area contributed by atoms with Crippen molar-refractivity contribution in [1.82, 2.24) is 4.98 Å². The summed E-state index contributed by atoms with van der Waals surface area (Å²) in [6.07, 6.45) is 5.49. The summed E-state index contributed by atoms with van der Waals surface area (Å²) in [7, 11) is 0. The number of carbonyl (C=O) groups excluding carboxylic acids is 1. The van der Waals surface area contributed by atoms with Gasteiger partial charge in [0.05, 0.1) is 6.20 Å². The lowest BCUT2D eigenvalue weighted by Crippen LogP contribution is -2.37. The molecule has 0 radical (unpaired) electrons. The molecule has 3 heteroatoms. The van der Waals surface area contributed by atoms with Gasteiger partial charge >= 0.3 is 0 Å². The van der Waals surface area contributed by atoms with E-state index in [1.807, 2.05) is 47.3 Å². The second-order valence-electron chi connectivity index (χ2n) is 6.18. The second-order valence-corrected chi connectivity index (χ2v) is 6.18. The molecule has 0 unspecified atom stereocenters. The van der Waals surface area contributed by atoms with E-state index in [1.54, 1.807) is 6.20 Å². The van der Waals surface area contributed by atoms with Crippen molar-refractivity contribution in [1.29, 1.82) is 0 Å². The van der Waals surface area contributed by atoms with E-state index in [0.717, 1.165) is 16.8 Å². The monoisotopic (exact) mass is 317 g/mol. The summed E-state index contributed by atoms with van der Waals surface area (Å²) < 4.78 is 1.88. The Labute approximate surface area is 142 Å². The fourth-order valence-corrected chi connectivity index (χ4v) is 2.60. The second kappa shape index (κ2) is 7.18. The Morgan fingerprint density at radius 2 is 1.75 bits per heavy atom. The number of carbonyl (C=O) groups is 1. The van der Waals surface area contributed by atoms with Gasteiger partial charge in [0, 0.05) is 11.1 Å². The molecule has 0 aliphatic carbocycles. The third kappa shape index (κ3) is 3.74.